The number of thioether (sulfide) groups is 1. The van der Waals surface area contributed by atoms with Crippen LogP contribution in [0.5, 0.6) is 0 Å². The Labute approximate surface area is 188 Å². The highest BCUT2D eigenvalue weighted by Crippen LogP contribution is 2.38. The molecule has 30 heavy (non-hydrogen) atoms. The third kappa shape index (κ3) is 4.23. The van der Waals surface area contributed by atoms with Gasteiger partial charge in [-0.3, -0.25) is 19.3 Å². The van der Waals surface area contributed by atoms with Crippen molar-refractivity contribution < 1.29 is 14.4 Å². The molecular formula is C23H21BrN2O3S. The fourth-order valence-corrected chi connectivity index (χ4v) is 5.02. The summed E-state index contributed by atoms with van der Waals surface area (Å²) in [7, 11) is 0. The lowest BCUT2D eigenvalue weighted by atomic mass is 9.85. The van der Waals surface area contributed by atoms with Crippen LogP contribution in [0.25, 0.3) is 0 Å². The molecule has 0 bridgehead atoms. The Morgan fingerprint density at radius 2 is 1.70 bits per heavy atom. The fraction of sp³-hybridized carbons (Fsp3) is 0.261. The van der Waals surface area contributed by atoms with Gasteiger partial charge < -0.3 is 5.32 Å². The molecule has 3 amide bonds. The van der Waals surface area contributed by atoms with Gasteiger partial charge in [-0.05, 0) is 67.8 Å². The predicted octanol–water partition coefficient (Wildman–Crippen LogP) is 4.94. The molecule has 2 aromatic rings. The van der Waals surface area contributed by atoms with Gasteiger partial charge in [0, 0.05) is 15.1 Å². The molecule has 0 spiro atoms. The minimum Gasteiger partial charge on any atom is -0.325 e. The van der Waals surface area contributed by atoms with Crippen molar-refractivity contribution in [1.29, 1.82) is 0 Å². The minimum absolute atomic E-state index is 0.0871. The van der Waals surface area contributed by atoms with Gasteiger partial charge in [-0.25, -0.2) is 0 Å². The molecule has 0 radical (unpaired) electrons. The Balaban J connectivity index is 1.36. The molecule has 1 saturated heterocycles. The number of hydrogen-bond donors (Lipinski definition) is 1. The topological polar surface area (TPSA) is 66.5 Å². The summed E-state index contributed by atoms with van der Waals surface area (Å²) in [6.07, 6.45) is 5.23. The van der Waals surface area contributed by atoms with E-state index in [0.29, 0.717) is 18.5 Å². The maximum absolute atomic E-state index is 12.7. The van der Waals surface area contributed by atoms with Gasteiger partial charge in [-0.2, -0.15) is 0 Å². The summed E-state index contributed by atoms with van der Waals surface area (Å²) in [6, 6.07) is 13.0. The van der Waals surface area contributed by atoms with Gasteiger partial charge in [0.15, 0.2) is 0 Å². The second kappa shape index (κ2) is 8.78. The van der Waals surface area contributed by atoms with Crippen molar-refractivity contribution in [2.45, 2.75) is 24.7 Å². The summed E-state index contributed by atoms with van der Waals surface area (Å²) >= 11 is 4.82. The maximum atomic E-state index is 12.7. The van der Waals surface area contributed by atoms with Crippen molar-refractivity contribution >= 4 is 56.8 Å². The van der Waals surface area contributed by atoms with Crippen LogP contribution in [0.4, 0.5) is 11.4 Å². The van der Waals surface area contributed by atoms with E-state index in [0.717, 1.165) is 20.6 Å². The highest BCUT2D eigenvalue weighted by atomic mass is 79.9. The summed E-state index contributed by atoms with van der Waals surface area (Å²) in [4.78, 5) is 39.9. The molecule has 0 saturated carbocycles. The van der Waals surface area contributed by atoms with E-state index < -0.39 is 0 Å². The third-order valence-electron chi connectivity index (χ3n) is 5.43. The summed E-state index contributed by atoms with van der Waals surface area (Å²) in [5.41, 5.74) is 2.38. The Morgan fingerprint density at radius 1 is 1.07 bits per heavy atom. The molecule has 2 atom stereocenters. The highest BCUT2D eigenvalue weighted by Gasteiger charge is 2.47. The SMILES string of the molecule is Cc1cc(Br)ccc1NC(=O)CSc1ccc(N2C(=O)[C@H]3CC=CC[C@@H]3C2=O)cc1. The van der Waals surface area contributed by atoms with Crippen LogP contribution < -0.4 is 10.2 Å². The van der Waals surface area contributed by atoms with Crippen molar-refractivity contribution in [3.8, 4) is 0 Å². The Kier molecular flexibility index (Phi) is 6.11. The number of anilines is 2. The number of rotatable bonds is 5. The maximum Gasteiger partial charge on any atom is 0.238 e. The van der Waals surface area contributed by atoms with Gasteiger partial charge in [0.05, 0.1) is 23.3 Å². The van der Waals surface area contributed by atoms with Crippen molar-refractivity contribution in [1.82, 2.24) is 0 Å². The number of carbonyl (C=O) groups excluding carboxylic acids is 3. The normalized spacial score (nSPS) is 20.4. The molecule has 4 rings (SSSR count). The number of imide groups is 1. The number of carbonyl (C=O) groups is 3. The molecule has 0 unspecified atom stereocenters. The first-order valence-electron chi connectivity index (χ1n) is 9.75. The average Bonchev–Trinajstić information content (AvgIpc) is 3.00. The van der Waals surface area contributed by atoms with Crippen molar-refractivity contribution in [2.75, 3.05) is 16.0 Å². The van der Waals surface area contributed by atoms with E-state index >= 15 is 0 Å². The summed E-state index contributed by atoms with van der Waals surface area (Å²) in [5, 5.41) is 2.92. The molecule has 1 aliphatic carbocycles. The average molecular weight is 485 g/mol. The third-order valence-corrected chi connectivity index (χ3v) is 6.94. The lowest BCUT2D eigenvalue weighted by molar-refractivity contribution is -0.122. The molecule has 1 aliphatic heterocycles. The molecule has 1 N–H and O–H groups in total. The van der Waals surface area contributed by atoms with Crippen LogP contribution in [0.15, 0.2) is 64.0 Å². The molecule has 2 aromatic carbocycles. The predicted molar refractivity (Wildman–Crippen MR) is 123 cm³/mol. The number of fused-ring (bicyclic) bond motifs is 1. The number of aryl methyl sites for hydroxylation is 1. The number of halogens is 1. The first-order chi connectivity index (χ1) is 14.4. The van der Waals surface area contributed by atoms with Gasteiger partial charge in [-0.15, -0.1) is 11.8 Å². The van der Waals surface area contributed by atoms with Crippen LogP contribution in [-0.2, 0) is 14.4 Å². The van der Waals surface area contributed by atoms with Gasteiger partial charge in [0.2, 0.25) is 17.7 Å². The van der Waals surface area contributed by atoms with Crippen LogP contribution in [0.3, 0.4) is 0 Å². The standard InChI is InChI=1S/C23H21BrN2O3S/c1-14-12-15(24)6-11-20(14)25-21(27)13-30-17-9-7-16(8-10-17)26-22(28)18-4-2-3-5-19(18)23(26)29/h2-3,6-12,18-19H,4-5,13H2,1H3,(H,25,27)/t18-,19-/m0/s1. The zero-order valence-electron chi connectivity index (χ0n) is 16.4. The van der Waals surface area contributed by atoms with Gasteiger partial charge in [0.25, 0.3) is 0 Å². The van der Waals surface area contributed by atoms with Crippen molar-refractivity contribution in [2.24, 2.45) is 11.8 Å². The fourth-order valence-electron chi connectivity index (χ4n) is 3.85. The molecule has 1 heterocycles. The molecular weight excluding hydrogens is 464 g/mol. The van der Waals surface area contributed by atoms with Crippen LogP contribution in [-0.4, -0.2) is 23.5 Å². The number of nitrogens with one attached hydrogen (secondary N) is 1. The minimum atomic E-state index is -0.234. The van der Waals surface area contributed by atoms with Crippen LogP contribution >= 0.6 is 27.7 Å². The second-order valence-electron chi connectivity index (χ2n) is 7.46. The second-order valence-corrected chi connectivity index (χ2v) is 9.42. The van der Waals surface area contributed by atoms with Gasteiger partial charge >= 0.3 is 0 Å². The first kappa shape index (κ1) is 20.9. The van der Waals surface area contributed by atoms with Gasteiger partial charge in [0.1, 0.15) is 0 Å². The van der Waals surface area contributed by atoms with E-state index in [1.165, 1.54) is 16.7 Å². The quantitative estimate of drug-likeness (QED) is 0.370. The lowest BCUT2D eigenvalue weighted by Crippen LogP contribution is -2.30. The van der Waals surface area contributed by atoms with Crippen LogP contribution in [0.2, 0.25) is 0 Å². The summed E-state index contributed by atoms with van der Waals surface area (Å²) < 4.78 is 0.970. The lowest BCUT2D eigenvalue weighted by Gasteiger charge is -2.15. The van der Waals surface area contributed by atoms with E-state index in [1.54, 1.807) is 12.1 Å². The Morgan fingerprint density at radius 3 is 2.30 bits per heavy atom. The first-order valence-corrected chi connectivity index (χ1v) is 11.5. The number of amides is 3. The van der Waals surface area contributed by atoms with Crippen molar-refractivity contribution in [3.63, 3.8) is 0 Å². The summed E-state index contributed by atoms with van der Waals surface area (Å²) in [6.45, 7) is 1.94. The molecule has 0 aromatic heterocycles. The summed E-state index contributed by atoms with van der Waals surface area (Å²) in [5.74, 6) is -0.509. The van der Waals surface area contributed by atoms with E-state index in [2.05, 4.69) is 21.2 Å². The van der Waals surface area contributed by atoms with Crippen LogP contribution in [0.1, 0.15) is 18.4 Å². The zero-order valence-corrected chi connectivity index (χ0v) is 18.8. The zero-order chi connectivity index (χ0) is 21.3. The van der Waals surface area contributed by atoms with E-state index in [1.807, 2.05) is 49.4 Å². The molecule has 154 valence electrons. The Hall–Kier alpha value is -2.38. The molecule has 7 heteroatoms. The number of allylic oxidation sites excluding steroid dienone is 2. The largest absolute Gasteiger partial charge is 0.325 e. The van der Waals surface area contributed by atoms with Gasteiger partial charge in [-0.1, -0.05) is 28.1 Å². The Bertz CT molecular complexity index is 1010. The van der Waals surface area contributed by atoms with Crippen LogP contribution in [0, 0.1) is 18.8 Å². The molecule has 5 nitrogen and oxygen atoms in total. The molecule has 1 fully saturated rings. The monoisotopic (exact) mass is 484 g/mol. The number of hydrogen-bond acceptors (Lipinski definition) is 4. The van der Waals surface area contributed by atoms with E-state index in [-0.39, 0.29) is 35.3 Å². The molecule has 2 aliphatic rings. The smallest absolute Gasteiger partial charge is 0.238 e. The van der Waals surface area contributed by atoms with E-state index in [4.69, 9.17) is 0 Å². The highest BCUT2D eigenvalue weighted by molar-refractivity contribution is 9.10. The van der Waals surface area contributed by atoms with E-state index in [9.17, 15) is 14.4 Å². The number of benzene rings is 2. The number of nitrogens with zero attached hydrogens (tertiary/aromatic N) is 1. The van der Waals surface area contributed by atoms with Crippen molar-refractivity contribution in [3.05, 3.63) is 64.7 Å².